The van der Waals surface area contributed by atoms with Crippen LogP contribution in [0.4, 0.5) is 0 Å². The van der Waals surface area contributed by atoms with Crippen LogP contribution < -0.4 is 5.32 Å². The fraction of sp³-hybridized carbons (Fsp3) is 1.00. The normalized spacial score (nSPS) is 23.3. The van der Waals surface area contributed by atoms with Crippen LogP contribution in [0.5, 0.6) is 0 Å². The smallest absolute Gasteiger partial charge is 0.0636 e. The van der Waals surface area contributed by atoms with Crippen LogP contribution >= 0.6 is 0 Å². The first kappa shape index (κ1) is 11.0. The molecule has 0 aromatic heterocycles. The summed E-state index contributed by atoms with van der Waals surface area (Å²) in [6.07, 6.45) is 2.47. The molecular weight excluding hydrogens is 164 g/mol. The molecule has 1 heterocycles. The lowest BCUT2D eigenvalue weighted by Crippen LogP contribution is -2.40. The van der Waals surface area contributed by atoms with Gasteiger partial charge in [-0.1, -0.05) is 0 Å². The molecule has 0 saturated carbocycles. The van der Waals surface area contributed by atoms with Gasteiger partial charge in [-0.05, 0) is 39.8 Å². The van der Waals surface area contributed by atoms with E-state index >= 15 is 0 Å². The van der Waals surface area contributed by atoms with E-state index in [1.165, 1.54) is 25.9 Å². The van der Waals surface area contributed by atoms with Crippen molar-refractivity contribution in [2.75, 3.05) is 26.2 Å². The van der Waals surface area contributed by atoms with Crippen molar-refractivity contribution in [3.05, 3.63) is 0 Å². The van der Waals surface area contributed by atoms with Crippen LogP contribution in [0.25, 0.3) is 0 Å². The van der Waals surface area contributed by atoms with E-state index < -0.39 is 0 Å². The molecule has 2 N–H and O–H groups in total. The minimum atomic E-state index is -0.235. The molecule has 3 heteroatoms. The quantitative estimate of drug-likeness (QED) is 0.654. The summed E-state index contributed by atoms with van der Waals surface area (Å²) < 4.78 is 0. The Labute approximate surface area is 81.1 Å². The molecule has 0 amide bonds. The lowest BCUT2D eigenvalue weighted by molar-refractivity contribution is 0.181. The van der Waals surface area contributed by atoms with Crippen LogP contribution in [0.3, 0.4) is 0 Å². The van der Waals surface area contributed by atoms with Gasteiger partial charge in [-0.3, -0.25) is 0 Å². The topological polar surface area (TPSA) is 35.5 Å². The van der Waals surface area contributed by atoms with Gasteiger partial charge >= 0.3 is 0 Å². The molecule has 1 aliphatic heterocycles. The Morgan fingerprint density at radius 1 is 1.31 bits per heavy atom. The molecule has 1 saturated heterocycles. The lowest BCUT2D eigenvalue weighted by atomic mass is 10.3. The lowest BCUT2D eigenvalue weighted by Gasteiger charge is -2.21. The summed E-state index contributed by atoms with van der Waals surface area (Å²) in [6.45, 7) is 8.32. The second-order valence-electron chi connectivity index (χ2n) is 4.17. The molecule has 3 nitrogen and oxygen atoms in total. The average molecular weight is 186 g/mol. The van der Waals surface area contributed by atoms with Gasteiger partial charge in [-0.25, -0.2) is 0 Å². The third-order valence-electron chi connectivity index (χ3n) is 2.49. The second kappa shape index (κ2) is 5.58. The highest BCUT2D eigenvalue weighted by Gasteiger charge is 2.14. The molecule has 0 radical (unpaired) electrons. The number of rotatable bonds is 5. The average Bonchev–Trinajstić information content (AvgIpc) is 2.53. The highest BCUT2D eigenvalue weighted by atomic mass is 16.3. The number of hydrogen-bond acceptors (Lipinski definition) is 3. The van der Waals surface area contributed by atoms with Gasteiger partial charge in [0.2, 0.25) is 0 Å². The molecular formula is C10H22N2O. The van der Waals surface area contributed by atoms with Gasteiger partial charge in [-0.15, -0.1) is 0 Å². The summed E-state index contributed by atoms with van der Waals surface area (Å²) in [5.41, 5.74) is 0. The molecule has 13 heavy (non-hydrogen) atoms. The van der Waals surface area contributed by atoms with E-state index in [0.29, 0.717) is 12.6 Å². The highest BCUT2D eigenvalue weighted by molar-refractivity contribution is 4.72. The Kier molecular flexibility index (Phi) is 4.70. The van der Waals surface area contributed by atoms with Crippen molar-refractivity contribution >= 4 is 0 Å². The molecule has 1 aliphatic rings. The van der Waals surface area contributed by atoms with Gasteiger partial charge in [0, 0.05) is 19.1 Å². The maximum atomic E-state index is 9.09. The summed E-state index contributed by atoms with van der Waals surface area (Å²) in [4.78, 5) is 2.49. The second-order valence-corrected chi connectivity index (χ2v) is 4.17. The SMILES string of the molecule is CC(CN1CCCC1)NC[C@@H](C)O. The van der Waals surface area contributed by atoms with Gasteiger partial charge in [0.25, 0.3) is 0 Å². The maximum absolute atomic E-state index is 9.09. The zero-order chi connectivity index (χ0) is 9.68. The molecule has 0 aliphatic carbocycles. The first-order valence-electron chi connectivity index (χ1n) is 5.32. The zero-order valence-electron chi connectivity index (χ0n) is 8.79. The number of nitrogens with one attached hydrogen (secondary N) is 1. The van der Waals surface area contributed by atoms with Crippen LogP contribution in [0.15, 0.2) is 0 Å². The van der Waals surface area contributed by atoms with Gasteiger partial charge in [-0.2, -0.15) is 0 Å². The molecule has 1 rings (SSSR count). The van der Waals surface area contributed by atoms with Crippen LogP contribution in [-0.4, -0.2) is 48.3 Å². The first-order valence-corrected chi connectivity index (χ1v) is 5.32. The molecule has 0 spiro atoms. The van der Waals surface area contributed by atoms with Crippen LogP contribution in [0.1, 0.15) is 26.7 Å². The summed E-state index contributed by atoms with van der Waals surface area (Å²) in [5.74, 6) is 0. The summed E-state index contributed by atoms with van der Waals surface area (Å²) >= 11 is 0. The fourth-order valence-corrected chi connectivity index (χ4v) is 1.79. The number of nitrogens with zero attached hydrogens (tertiary/aromatic N) is 1. The van der Waals surface area contributed by atoms with Crippen molar-refractivity contribution in [2.45, 2.75) is 38.8 Å². The predicted octanol–water partition coefficient (Wildman–Crippen LogP) is 0.441. The molecule has 78 valence electrons. The highest BCUT2D eigenvalue weighted by Crippen LogP contribution is 2.07. The first-order chi connectivity index (χ1) is 6.18. The van der Waals surface area contributed by atoms with E-state index in [4.69, 9.17) is 5.11 Å². The Bertz CT molecular complexity index is 133. The minimum Gasteiger partial charge on any atom is -0.392 e. The zero-order valence-corrected chi connectivity index (χ0v) is 8.79. The van der Waals surface area contributed by atoms with E-state index in [-0.39, 0.29) is 6.10 Å². The van der Waals surface area contributed by atoms with E-state index in [0.717, 1.165) is 6.54 Å². The Morgan fingerprint density at radius 2 is 1.92 bits per heavy atom. The third-order valence-corrected chi connectivity index (χ3v) is 2.49. The maximum Gasteiger partial charge on any atom is 0.0636 e. The Morgan fingerprint density at radius 3 is 2.46 bits per heavy atom. The Hall–Kier alpha value is -0.120. The number of aliphatic hydroxyl groups is 1. The monoisotopic (exact) mass is 186 g/mol. The minimum absolute atomic E-state index is 0.235. The van der Waals surface area contributed by atoms with Crippen molar-refractivity contribution in [3.8, 4) is 0 Å². The van der Waals surface area contributed by atoms with Crippen LogP contribution in [-0.2, 0) is 0 Å². The van der Waals surface area contributed by atoms with E-state index in [1.807, 2.05) is 6.92 Å². The number of likely N-dealkylation sites (tertiary alicyclic amines) is 1. The van der Waals surface area contributed by atoms with Crippen molar-refractivity contribution in [1.29, 1.82) is 0 Å². The van der Waals surface area contributed by atoms with Crippen LogP contribution in [0.2, 0.25) is 0 Å². The summed E-state index contributed by atoms with van der Waals surface area (Å²) in [5, 5.41) is 12.4. The fourth-order valence-electron chi connectivity index (χ4n) is 1.79. The molecule has 0 aromatic rings. The van der Waals surface area contributed by atoms with Crippen molar-refractivity contribution in [3.63, 3.8) is 0 Å². The standard InChI is InChI=1S/C10H22N2O/c1-9(11-7-10(2)13)8-12-5-3-4-6-12/h9-11,13H,3-8H2,1-2H3/t9?,10-/m1/s1. The van der Waals surface area contributed by atoms with E-state index in [9.17, 15) is 0 Å². The summed E-state index contributed by atoms with van der Waals surface area (Å²) in [6, 6.07) is 0.493. The van der Waals surface area contributed by atoms with Crippen molar-refractivity contribution in [2.24, 2.45) is 0 Å². The third kappa shape index (κ3) is 4.60. The van der Waals surface area contributed by atoms with Gasteiger partial charge in [0.1, 0.15) is 0 Å². The van der Waals surface area contributed by atoms with Crippen LogP contribution in [0, 0.1) is 0 Å². The van der Waals surface area contributed by atoms with Crippen molar-refractivity contribution in [1.82, 2.24) is 10.2 Å². The Balaban J connectivity index is 2.05. The number of hydrogen-bond donors (Lipinski definition) is 2. The molecule has 0 aromatic carbocycles. The van der Waals surface area contributed by atoms with Crippen molar-refractivity contribution < 1.29 is 5.11 Å². The summed E-state index contributed by atoms with van der Waals surface area (Å²) in [7, 11) is 0. The molecule has 1 fully saturated rings. The number of aliphatic hydroxyl groups excluding tert-OH is 1. The largest absolute Gasteiger partial charge is 0.392 e. The predicted molar refractivity (Wildman–Crippen MR) is 54.8 cm³/mol. The van der Waals surface area contributed by atoms with Gasteiger partial charge in [0.15, 0.2) is 0 Å². The van der Waals surface area contributed by atoms with E-state index in [1.54, 1.807) is 0 Å². The van der Waals surface area contributed by atoms with Gasteiger partial charge < -0.3 is 15.3 Å². The molecule has 2 atom stereocenters. The molecule has 0 bridgehead atoms. The van der Waals surface area contributed by atoms with E-state index in [2.05, 4.69) is 17.1 Å². The van der Waals surface area contributed by atoms with Gasteiger partial charge in [0.05, 0.1) is 6.10 Å². The molecule has 1 unspecified atom stereocenters.